The van der Waals surface area contributed by atoms with Gasteiger partial charge in [-0.25, -0.2) is 4.79 Å². The SMILES string of the molecule is C=CCOC(=O)C[C@H](O[Si](C)(C)C(C)(C)C)[C@@H](CC(C)C)NC(=O)OC(C)(C)C. The molecular formula is C22H43NO5Si. The van der Waals surface area contributed by atoms with Gasteiger partial charge in [-0.3, -0.25) is 4.79 Å². The Morgan fingerprint density at radius 1 is 1.10 bits per heavy atom. The highest BCUT2D eigenvalue weighted by Gasteiger charge is 2.42. The van der Waals surface area contributed by atoms with Crippen molar-refractivity contribution < 1.29 is 23.5 Å². The molecule has 0 aromatic rings. The molecule has 0 aromatic carbocycles. The van der Waals surface area contributed by atoms with Gasteiger partial charge >= 0.3 is 12.1 Å². The van der Waals surface area contributed by atoms with Crippen LogP contribution in [0.1, 0.15) is 68.2 Å². The van der Waals surface area contributed by atoms with Gasteiger partial charge in [0.25, 0.3) is 0 Å². The largest absolute Gasteiger partial charge is 0.461 e. The lowest BCUT2D eigenvalue weighted by Gasteiger charge is -2.41. The zero-order valence-corrected chi connectivity index (χ0v) is 21.2. The number of esters is 1. The maximum Gasteiger partial charge on any atom is 0.407 e. The lowest BCUT2D eigenvalue weighted by atomic mass is 9.97. The van der Waals surface area contributed by atoms with E-state index < -0.39 is 26.1 Å². The second-order valence-electron chi connectivity index (χ2n) is 10.5. The van der Waals surface area contributed by atoms with Gasteiger partial charge in [0.1, 0.15) is 12.2 Å². The first-order valence-electron chi connectivity index (χ1n) is 10.4. The summed E-state index contributed by atoms with van der Waals surface area (Å²) in [5.41, 5.74) is -0.606. The lowest BCUT2D eigenvalue weighted by molar-refractivity contribution is -0.144. The third-order valence-electron chi connectivity index (χ3n) is 4.86. The van der Waals surface area contributed by atoms with Crippen molar-refractivity contribution in [2.45, 2.75) is 104 Å². The number of carbonyl (C=O) groups is 2. The third kappa shape index (κ3) is 11.4. The molecule has 0 fully saturated rings. The zero-order chi connectivity index (χ0) is 23.0. The molecule has 0 bridgehead atoms. The van der Waals surface area contributed by atoms with E-state index in [4.69, 9.17) is 13.9 Å². The molecule has 0 aliphatic rings. The molecule has 0 aliphatic heterocycles. The molecule has 0 saturated heterocycles. The van der Waals surface area contributed by atoms with E-state index in [0.717, 1.165) is 0 Å². The summed E-state index contributed by atoms with van der Waals surface area (Å²) in [6.45, 7) is 24.0. The molecular weight excluding hydrogens is 386 g/mol. The summed E-state index contributed by atoms with van der Waals surface area (Å²) in [5, 5.41) is 2.91. The number of nitrogens with one attached hydrogen (secondary N) is 1. The van der Waals surface area contributed by atoms with E-state index in [1.54, 1.807) is 0 Å². The molecule has 1 amide bonds. The molecule has 170 valence electrons. The van der Waals surface area contributed by atoms with Gasteiger partial charge in [-0.15, -0.1) is 0 Å². The number of hydrogen-bond acceptors (Lipinski definition) is 5. The number of rotatable bonds is 10. The normalized spacial score (nSPS) is 14.9. The Bertz CT molecular complexity index is 546. The van der Waals surface area contributed by atoms with Crippen LogP contribution >= 0.6 is 0 Å². The molecule has 0 aliphatic carbocycles. The van der Waals surface area contributed by atoms with Gasteiger partial charge in [0.15, 0.2) is 8.32 Å². The standard InChI is InChI=1S/C22H43NO5Si/c1-12-13-26-19(24)15-18(28-29(10,11)22(7,8)9)17(14-16(2)3)23-20(25)27-21(4,5)6/h12,16-18H,1,13-15H2,2-11H3,(H,23,25)/t17-,18+/m1/s1. The molecule has 0 saturated carbocycles. The molecule has 0 radical (unpaired) electrons. The number of carbonyl (C=O) groups excluding carboxylic acids is 2. The third-order valence-corrected chi connectivity index (χ3v) is 9.36. The van der Waals surface area contributed by atoms with E-state index in [1.165, 1.54) is 6.08 Å². The number of amides is 1. The van der Waals surface area contributed by atoms with Crippen LogP contribution in [-0.4, -0.2) is 44.7 Å². The first kappa shape index (κ1) is 27.7. The van der Waals surface area contributed by atoms with Gasteiger partial charge in [0.2, 0.25) is 0 Å². The molecule has 6 nitrogen and oxygen atoms in total. The summed E-state index contributed by atoms with van der Waals surface area (Å²) in [7, 11) is -2.20. The van der Waals surface area contributed by atoms with Crippen molar-refractivity contribution in [1.82, 2.24) is 5.32 Å². The molecule has 0 unspecified atom stereocenters. The van der Waals surface area contributed by atoms with Crippen molar-refractivity contribution in [1.29, 1.82) is 0 Å². The van der Waals surface area contributed by atoms with Crippen molar-refractivity contribution in [3.05, 3.63) is 12.7 Å². The molecule has 7 heteroatoms. The Labute approximate surface area is 178 Å². The number of alkyl carbamates (subject to hydrolysis) is 1. The van der Waals surface area contributed by atoms with E-state index in [9.17, 15) is 9.59 Å². The first-order chi connectivity index (χ1) is 13.0. The molecule has 0 spiro atoms. The van der Waals surface area contributed by atoms with Gasteiger partial charge in [-0.2, -0.15) is 0 Å². The Hall–Kier alpha value is -1.34. The van der Waals surface area contributed by atoms with Gasteiger partial charge in [0, 0.05) is 0 Å². The molecule has 0 aromatic heterocycles. The summed E-state index contributed by atoms with van der Waals surface area (Å²) in [4.78, 5) is 24.8. The Balaban J connectivity index is 5.70. The number of ether oxygens (including phenoxy) is 2. The van der Waals surface area contributed by atoms with E-state index >= 15 is 0 Å². The second-order valence-corrected chi connectivity index (χ2v) is 15.2. The average Bonchev–Trinajstić information content (AvgIpc) is 2.48. The Morgan fingerprint density at radius 3 is 2.07 bits per heavy atom. The monoisotopic (exact) mass is 429 g/mol. The van der Waals surface area contributed by atoms with E-state index in [0.29, 0.717) is 12.3 Å². The van der Waals surface area contributed by atoms with Crippen LogP contribution in [0.2, 0.25) is 18.1 Å². The zero-order valence-electron chi connectivity index (χ0n) is 20.2. The summed E-state index contributed by atoms with van der Waals surface area (Å²) < 4.78 is 17.2. The maximum absolute atomic E-state index is 12.5. The fraction of sp³-hybridized carbons (Fsp3) is 0.818. The topological polar surface area (TPSA) is 73.9 Å². The summed E-state index contributed by atoms with van der Waals surface area (Å²) in [5.74, 6) is -0.0713. The Morgan fingerprint density at radius 2 is 1.66 bits per heavy atom. The second kappa shape index (κ2) is 11.2. The minimum absolute atomic E-state index is 0.0371. The fourth-order valence-corrected chi connectivity index (χ4v) is 3.82. The van der Waals surface area contributed by atoms with E-state index in [-0.39, 0.29) is 30.1 Å². The first-order valence-corrected chi connectivity index (χ1v) is 13.3. The average molecular weight is 430 g/mol. The van der Waals surface area contributed by atoms with Crippen molar-refractivity contribution in [2.75, 3.05) is 6.61 Å². The van der Waals surface area contributed by atoms with Gasteiger partial charge in [-0.05, 0) is 51.2 Å². The van der Waals surface area contributed by atoms with Crippen molar-refractivity contribution in [2.24, 2.45) is 5.92 Å². The highest BCUT2D eigenvalue weighted by molar-refractivity contribution is 6.74. The van der Waals surface area contributed by atoms with Gasteiger partial charge < -0.3 is 19.2 Å². The summed E-state index contributed by atoms with van der Waals surface area (Å²) in [6, 6.07) is -0.366. The fourth-order valence-electron chi connectivity index (χ4n) is 2.47. The highest BCUT2D eigenvalue weighted by Crippen LogP contribution is 2.38. The van der Waals surface area contributed by atoms with Crippen LogP contribution in [0.5, 0.6) is 0 Å². The lowest BCUT2D eigenvalue weighted by Crippen LogP contribution is -2.53. The summed E-state index contributed by atoms with van der Waals surface area (Å²) in [6.07, 6.45) is 1.25. The molecule has 1 N–H and O–H groups in total. The van der Waals surface area contributed by atoms with E-state index in [1.807, 2.05) is 20.8 Å². The quantitative estimate of drug-likeness (QED) is 0.284. The van der Waals surface area contributed by atoms with Crippen LogP contribution in [0, 0.1) is 5.92 Å². The van der Waals surface area contributed by atoms with Crippen molar-refractivity contribution >= 4 is 20.4 Å². The predicted molar refractivity (Wildman–Crippen MR) is 120 cm³/mol. The summed E-state index contributed by atoms with van der Waals surface area (Å²) >= 11 is 0. The molecule has 0 heterocycles. The van der Waals surface area contributed by atoms with Crippen molar-refractivity contribution in [3.63, 3.8) is 0 Å². The van der Waals surface area contributed by atoms with Crippen LogP contribution < -0.4 is 5.32 Å². The minimum atomic E-state index is -2.20. The molecule has 2 atom stereocenters. The van der Waals surface area contributed by atoms with Crippen LogP contribution in [0.4, 0.5) is 4.79 Å². The van der Waals surface area contributed by atoms with Gasteiger partial charge in [-0.1, -0.05) is 47.3 Å². The molecule has 0 rings (SSSR count). The maximum atomic E-state index is 12.5. The van der Waals surface area contributed by atoms with Gasteiger partial charge in [0.05, 0.1) is 18.6 Å². The van der Waals surface area contributed by atoms with Crippen LogP contribution in [0.15, 0.2) is 12.7 Å². The van der Waals surface area contributed by atoms with Crippen LogP contribution in [0.25, 0.3) is 0 Å². The smallest absolute Gasteiger partial charge is 0.407 e. The van der Waals surface area contributed by atoms with Crippen molar-refractivity contribution in [3.8, 4) is 0 Å². The molecule has 29 heavy (non-hydrogen) atoms. The van der Waals surface area contributed by atoms with E-state index in [2.05, 4.69) is 59.6 Å². The highest BCUT2D eigenvalue weighted by atomic mass is 28.4. The Kier molecular flexibility index (Phi) is 10.6. The number of hydrogen-bond donors (Lipinski definition) is 1. The van der Waals surface area contributed by atoms with Crippen LogP contribution in [-0.2, 0) is 18.7 Å². The minimum Gasteiger partial charge on any atom is -0.461 e. The predicted octanol–water partition coefficient (Wildman–Crippen LogP) is 5.44. The van der Waals surface area contributed by atoms with Crippen LogP contribution in [0.3, 0.4) is 0 Å².